The van der Waals surface area contributed by atoms with Gasteiger partial charge in [0.1, 0.15) is 16.9 Å². The first kappa shape index (κ1) is 12.9. The van der Waals surface area contributed by atoms with Crippen molar-refractivity contribution in [3.05, 3.63) is 12.7 Å². The molecule has 0 bridgehead atoms. The molecule has 19 heavy (non-hydrogen) atoms. The molecule has 0 unspecified atom stereocenters. The molecule has 2 aromatic heterocycles. The summed E-state index contributed by atoms with van der Waals surface area (Å²) in [5.41, 5.74) is 1.97. The van der Waals surface area contributed by atoms with Crippen molar-refractivity contribution in [1.82, 2.24) is 19.5 Å². The molecular formula is C14H20N4S. The van der Waals surface area contributed by atoms with E-state index in [1.807, 2.05) is 18.1 Å². The van der Waals surface area contributed by atoms with Gasteiger partial charge < -0.3 is 4.57 Å². The largest absolute Gasteiger partial charge is 0.315 e. The van der Waals surface area contributed by atoms with E-state index in [0.717, 1.165) is 28.0 Å². The van der Waals surface area contributed by atoms with Crippen LogP contribution in [0, 0.1) is 0 Å². The molecule has 1 aliphatic rings. The summed E-state index contributed by atoms with van der Waals surface area (Å²) in [4.78, 5) is 13.4. The maximum atomic E-state index is 4.53. The van der Waals surface area contributed by atoms with Crippen molar-refractivity contribution in [2.75, 3.05) is 0 Å². The summed E-state index contributed by atoms with van der Waals surface area (Å²) in [7, 11) is 0. The second-order valence-electron chi connectivity index (χ2n) is 5.17. The number of imidazole rings is 1. The van der Waals surface area contributed by atoms with Gasteiger partial charge in [0.25, 0.3) is 0 Å². The first-order valence-electron chi connectivity index (χ1n) is 7.21. The van der Waals surface area contributed by atoms with Crippen molar-refractivity contribution in [3.63, 3.8) is 0 Å². The zero-order valence-corrected chi connectivity index (χ0v) is 12.2. The van der Waals surface area contributed by atoms with Gasteiger partial charge in [0.2, 0.25) is 0 Å². The standard InChI is InChI=1S/C14H20N4S/c1-2-3-8-18-10-17-12-13(18)15-9-16-14(12)19-11-6-4-5-7-11/h9-11H,2-8H2,1H3. The van der Waals surface area contributed by atoms with Crippen LogP contribution < -0.4 is 0 Å². The Morgan fingerprint density at radius 2 is 2.11 bits per heavy atom. The molecule has 1 aliphatic carbocycles. The number of hydrogen-bond donors (Lipinski definition) is 0. The molecule has 2 heterocycles. The number of rotatable bonds is 5. The molecule has 0 aromatic carbocycles. The van der Waals surface area contributed by atoms with Crippen LogP contribution in [0.25, 0.3) is 11.2 Å². The van der Waals surface area contributed by atoms with Crippen LogP contribution in [0.4, 0.5) is 0 Å². The lowest BCUT2D eigenvalue weighted by Gasteiger charge is -2.08. The Morgan fingerprint density at radius 1 is 1.26 bits per heavy atom. The van der Waals surface area contributed by atoms with Gasteiger partial charge in [0.05, 0.1) is 6.33 Å². The van der Waals surface area contributed by atoms with E-state index in [1.165, 1.54) is 38.5 Å². The van der Waals surface area contributed by atoms with Gasteiger partial charge in [-0.15, -0.1) is 11.8 Å². The van der Waals surface area contributed by atoms with Crippen LogP contribution >= 0.6 is 11.8 Å². The molecule has 0 radical (unpaired) electrons. The summed E-state index contributed by atoms with van der Waals surface area (Å²) >= 11 is 1.89. The number of fused-ring (bicyclic) bond motifs is 1. The lowest BCUT2D eigenvalue weighted by Crippen LogP contribution is -1.99. The van der Waals surface area contributed by atoms with Crippen LogP contribution in [0.5, 0.6) is 0 Å². The Labute approximate surface area is 118 Å². The maximum Gasteiger partial charge on any atom is 0.164 e. The molecule has 0 amide bonds. The molecule has 0 saturated heterocycles. The highest BCUT2D eigenvalue weighted by Crippen LogP contribution is 2.35. The molecule has 102 valence electrons. The van der Waals surface area contributed by atoms with E-state index in [2.05, 4.69) is 26.4 Å². The van der Waals surface area contributed by atoms with Crippen molar-refractivity contribution < 1.29 is 0 Å². The highest BCUT2D eigenvalue weighted by molar-refractivity contribution is 8.00. The third kappa shape index (κ3) is 2.76. The molecule has 5 heteroatoms. The van der Waals surface area contributed by atoms with Crippen LogP contribution in [0.1, 0.15) is 45.4 Å². The van der Waals surface area contributed by atoms with Crippen molar-refractivity contribution >= 4 is 22.9 Å². The second-order valence-corrected chi connectivity index (χ2v) is 6.46. The summed E-state index contributed by atoms with van der Waals surface area (Å²) in [6.45, 7) is 3.20. The average molecular weight is 276 g/mol. The van der Waals surface area contributed by atoms with Gasteiger partial charge in [-0.1, -0.05) is 26.2 Å². The van der Waals surface area contributed by atoms with Gasteiger partial charge >= 0.3 is 0 Å². The Balaban J connectivity index is 1.85. The predicted octanol–water partition coefficient (Wildman–Crippen LogP) is 3.66. The van der Waals surface area contributed by atoms with E-state index in [4.69, 9.17) is 0 Å². The van der Waals surface area contributed by atoms with Gasteiger partial charge in [-0.3, -0.25) is 0 Å². The van der Waals surface area contributed by atoms with Crippen molar-refractivity contribution in [2.24, 2.45) is 0 Å². The zero-order valence-electron chi connectivity index (χ0n) is 11.4. The molecular weight excluding hydrogens is 256 g/mol. The highest BCUT2D eigenvalue weighted by atomic mass is 32.2. The second kappa shape index (κ2) is 5.90. The predicted molar refractivity (Wildman–Crippen MR) is 78.3 cm³/mol. The van der Waals surface area contributed by atoms with Gasteiger partial charge in [0.15, 0.2) is 5.65 Å². The summed E-state index contributed by atoms with van der Waals surface area (Å²) in [5, 5.41) is 1.78. The van der Waals surface area contributed by atoms with Crippen molar-refractivity contribution in [2.45, 2.75) is 62.3 Å². The van der Waals surface area contributed by atoms with E-state index in [9.17, 15) is 0 Å². The fourth-order valence-electron chi connectivity index (χ4n) is 2.60. The Kier molecular flexibility index (Phi) is 4.01. The van der Waals surface area contributed by atoms with Crippen LogP contribution in [-0.2, 0) is 6.54 Å². The molecule has 2 aromatic rings. The molecule has 3 rings (SSSR count). The number of unbranched alkanes of at least 4 members (excludes halogenated alkanes) is 1. The number of nitrogens with zero attached hydrogens (tertiary/aromatic N) is 4. The highest BCUT2D eigenvalue weighted by Gasteiger charge is 2.19. The first-order chi connectivity index (χ1) is 9.38. The van der Waals surface area contributed by atoms with E-state index in [-0.39, 0.29) is 0 Å². The summed E-state index contributed by atoms with van der Waals surface area (Å²) < 4.78 is 2.15. The molecule has 0 aliphatic heterocycles. The van der Waals surface area contributed by atoms with E-state index in [1.54, 1.807) is 6.33 Å². The van der Waals surface area contributed by atoms with Crippen LogP contribution in [0.2, 0.25) is 0 Å². The third-order valence-electron chi connectivity index (χ3n) is 3.70. The van der Waals surface area contributed by atoms with E-state index >= 15 is 0 Å². The van der Waals surface area contributed by atoms with Crippen molar-refractivity contribution in [3.8, 4) is 0 Å². The molecule has 0 N–H and O–H groups in total. The smallest absolute Gasteiger partial charge is 0.164 e. The SMILES string of the molecule is CCCCn1cnc2c(SC3CCCC3)ncnc21. The number of aromatic nitrogens is 4. The lowest BCUT2D eigenvalue weighted by molar-refractivity contribution is 0.641. The Bertz CT molecular complexity index is 545. The molecule has 4 nitrogen and oxygen atoms in total. The van der Waals surface area contributed by atoms with Crippen LogP contribution in [0.3, 0.4) is 0 Å². The number of hydrogen-bond acceptors (Lipinski definition) is 4. The van der Waals surface area contributed by atoms with E-state index in [0.29, 0.717) is 0 Å². The van der Waals surface area contributed by atoms with Crippen LogP contribution in [0.15, 0.2) is 17.7 Å². The third-order valence-corrected chi connectivity index (χ3v) is 5.03. The normalized spacial score (nSPS) is 16.5. The number of aryl methyl sites for hydroxylation is 1. The fourth-order valence-corrected chi connectivity index (χ4v) is 3.85. The summed E-state index contributed by atoms with van der Waals surface area (Å²) in [6, 6.07) is 0. The van der Waals surface area contributed by atoms with Gasteiger partial charge in [-0.25, -0.2) is 15.0 Å². The quantitative estimate of drug-likeness (QED) is 0.782. The topological polar surface area (TPSA) is 43.6 Å². The molecule has 0 spiro atoms. The average Bonchev–Trinajstić information content (AvgIpc) is 3.06. The Hall–Kier alpha value is -1.10. The minimum atomic E-state index is 0.721. The monoisotopic (exact) mass is 276 g/mol. The molecule has 1 fully saturated rings. The van der Waals surface area contributed by atoms with Crippen molar-refractivity contribution in [1.29, 1.82) is 0 Å². The number of thioether (sulfide) groups is 1. The molecule has 1 saturated carbocycles. The van der Waals surface area contributed by atoms with Gasteiger partial charge in [-0.2, -0.15) is 0 Å². The Morgan fingerprint density at radius 3 is 2.89 bits per heavy atom. The zero-order chi connectivity index (χ0) is 13.1. The minimum Gasteiger partial charge on any atom is -0.315 e. The maximum absolute atomic E-state index is 4.53. The molecule has 0 atom stereocenters. The first-order valence-corrected chi connectivity index (χ1v) is 8.09. The van der Waals surface area contributed by atoms with Gasteiger partial charge in [-0.05, 0) is 19.3 Å². The summed E-state index contributed by atoms with van der Waals surface area (Å²) in [6.07, 6.45) is 11.3. The minimum absolute atomic E-state index is 0.721. The summed E-state index contributed by atoms with van der Waals surface area (Å²) in [5.74, 6) is 0. The van der Waals surface area contributed by atoms with Gasteiger partial charge in [0, 0.05) is 11.8 Å². The lowest BCUT2D eigenvalue weighted by atomic mass is 10.3. The van der Waals surface area contributed by atoms with E-state index < -0.39 is 0 Å². The fraction of sp³-hybridized carbons (Fsp3) is 0.643. The van der Waals surface area contributed by atoms with Crippen LogP contribution in [-0.4, -0.2) is 24.8 Å².